The van der Waals surface area contributed by atoms with E-state index in [1.807, 2.05) is 0 Å². The van der Waals surface area contributed by atoms with Gasteiger partial charge in [0.05, 0.1) is 30.3 Å². The number of imide groups is 2. The first-order valence-electron chi connectivity index (χ1n) is 14.8. The Morgan fingerprint density at radius 2 is 1.62 bits per heavy atom. The van der Waals surface area contributed by atoms with E-state index >= 15 is 0 Å². The van der Waals surface area contributed by atoms with Crippen LogP contribution in [0.25, 0.3) is 0 Å². The molecule has 2 saturated heterocycles. The minimum atomic E-state index is -2.17. The molecule has 14 heteroatoms. The fraction of sp³-hybridized carbons (Fsp3) is 0.273. The minimum Gasteiger partial charge on any atom is -0.508 e. The van der Waals surface area contributed by atoms with E-state index in [-0.39, 0.29) is 41.2 Å². The third-order valence-electron chi connectivity index (χ3n) is 9.85. The lowest BCUT2D eigenvalue weighted by Crippen LogP contribution is -2.60. The van der Waals surface area contributed by atoms with Crippen LogP contribution in [0.1, 0.15) is 24.3 Å². The van der Waals surface area contributed by atoms with E-state index < -0.39 is 70.0 Å². The molecule has 4 aliphatic rings. The Labute approximate surface area is 278 Å². The summed E-state index contributed by atoms with van der Waals surface area (Å²) in [6, 6.07) is 14.7. The van der Waals surface area contributed by atoms with Gasteiger partial charge in [0.25, 0.3) is 11.8 Å². The summed E-state index contributed by atoms with van der Waals surface area (Å²) in [7, 11) is -0.472. The van der Waals surface area contributed by atoms with Crippen molar-refractivity contribution in [3.8, 4) is 11.5 Å². The Kier molecular flexibility index (Phi) is 7.29. The average molecular weight is 679 g/mol. The van der Waals surface area contributed by atoms with Gasteiger partial charge >= 0.3 is 7.12 Å². The summed E-state index contributed by atoms with van der Waals surface area (Å²) in [6.45, 7) is 0. The summed E-state index contributed by atoms with van der Waals surface area (Å²) in [6.07, 6.45) is 1.57. The third-order valence-corrected chi connectivity index (χ3v) is 11.3. The summed E-state index contributed by atoms with van der Waals surface area (Å²) >= 11 is 14.7. The molecule has 3 N–H and O–H groups in total. The smallest absolute Gasteiger partial charge is 0.488 e. The molecule has 6 atom stereocenters. The minimum absolute atomic E-state index is 0.0475. The van der Waals surface area contributed by atoms with Gasteiger partial charge in [-0.3, -0.25) is 24.1 Å². The molecule has 3 aromatic rings. The van der Waals surface area contributed by atoms with E-state index in [1.165, 1.54) is 61.7 Å². The van der Waals surface area contributed by atoms with Crippen LogP contribution in [0.2, 0.25) is 0 Å². The van der Waals surface area contributed by atoms with Gasteiger partial charge in [0.15, 0.2) is 9.75 Å². The molecular weight excluding hydrogens is 653 g/mol. The van der Waals surface area contributed by atoms with E-state index in [0.29, 0.717) is 11.1 Å². The number of hydrogen-bond acceptors (Lipinski definition) is 8. The number of methoxy groups -OCH3 is 1. The number of ether oxygens (including phenoxy) is 1. The number of anilines is 2. The number of phenolic OH excluding ortho intramolecular Hbond substituents is 1. The van der Waals surface area contributed by atoms with Crippen LogP contribution >= 0.6 is 23.2 Å². The highest BCUT2D eigenvalue weighted by molar-refractivity contribution is 6.59. The van der Waals surface area contributed by atoms with Crippen LogP contribution in [0.3, 0.4) is 0 Å². The van der Waals surface area contributed by atoms with Crippen LogP contribution in [0.5, 0.6) is 11.5 Å². The standard InChI is InChI=1S/C33H26BCl2FN2O8/c1-47-25-14-20(40)9-10-22(25)27-21-11-12-23-26(29(42)38(28(23)41)19-4-2-3-16(13-19)34(45)46)24(21)15-32(35)30(43)39(31(44)33(27,32)36)18-7-5-17(37)6-8-18/h2-11,13-14,23-24,26-27,40,45-46H,12,15H2,1H3. The number of carbonyl (C=O) groups excluding carboxylic acids is 4. The summed E-state index contributed by atoms with van der Waals surface area (Å²) in [5.41, 5.74) is 1.10. The van der Waals surface area contributed by atoms with Crippen LogP contribution in [0, 0.1) is 23.6 Å². The highest BCUT2D eigenvalue weighted by Gasteiger charge is 2.77. The Hall–Kier alpha value is -4.23. The molecule has 47 heavy (non-hydrogen) atoms. The average Bonchev–Trinajstić information content (AvgIpc) is 3.39. The van der Waals surface area contributed by atoms with Gasteiger partial charge < -0.3 is 19.9 Å². The molecule has 2 aliphatic carbocycles. The number of fused-ring (bicyclic) bond motifs is 4. The lowest BCUT2D eigenvalue weighted by Gasteiger charge is -2.50. The predicted molar refractivity (Wildman–Crippen MR) is 170 cm³/mol. The molecule has 0 aromatic heterocycles. The number of allylic oxidation sites excluding steroid dienone is 2. The number of carbonyl (C=O) groups is 4. The predicted octanol–water partition coefficient (Wildman–Crippen LogP) is 2.99. The molecular formula is C33H26BCl2FN2O8. The number of phenols is 1. The van der Waals surface area contributed by atoms with E-state index in [1.54, 1.807) is 6.08 Å². The maximum absolute atomic E-state index is 14.5. The number of benzene rings is 3. The first-order valence-corrected chi connectivity index (χ1v) is 15.5. The van der Waals surface area contributed by atoms with Crippen molar-refractivity contribution in [1.82, 2.24) is 0 Å². The monoisotopic (exact) mass is 678 g/mol. The number of hydrogen-bond donors (Lipinski definition) is 3. The van der Waals surface area contributed by atoms with E-state index in [9.17, 15) is 38.7 Å². The zero-order valence-electron chi connectivity index (χ0n) is 24.6. The number of nitrogens with zero attached hydrogens (tertiary/aromatic N) is 2. The van der Waals surface area contributed by atoms with Crippen molar-refractivity contribution < 1.29 is 43.5 Å². The zero-order valence-corrected chi connectivity index (χ0v) is 26.2. The van der Waals surface area contributed by atoms with Crippen molar-refractivity contribution in [3.05, 3.63) is 89.8 Å². The largest absolute Gasteiger partial charge is 0.508 e. The Bertz CT molecular complexity index is 1910. The Balaban J connectivity index is 1.40. The van der Waals surface area contributed by atoms with Crippen molar-refractivity contribution in [2.45, 2.75) is 28.5 Å². The number of rotatable bonds is 5. The van der Waals surface area contributed by atoms with E-state index in [0.717, 1.165) is 21.9 Å². The molecule has 3 fully saturated rings. The maximum atomic E-state index is 14.5. The molecule has 10 nitrogen and oxygen atoms in total. The molecule has 4 amide bonds. The second kappa shape index (κ2) is 10.9. The SMILES string of the molecule is COc1cc(O)ccc1C1C2=CCC3C(=O)N(c4cccc(B(O)O)c4)C(=O)C3C2CC2(Cl)C(=O)N(c3ccc(F)cc3)C(=O)C12Cl. The van der Waals surface area contributed by atoms with Crippen molar-refractivity contribution in [2.24, 2.45) is 17.8 Å². The van der Waals surface area contributed by atoms with Crippen molar-refractivity contribution >= 4 is 70.8 Å². The van der Waals surface area contributed by atoms with Gasteiger partial charge in [-0.15, -0.1) is 23.2 Å². The van der Waals surface area contributed by atoms with Crippen LogP contribution in [-0.2, 0) is 19.2 Å². The molecule has 0 radical (unpaired) electrons. The first-order chi connectivity index (χ1) is 22.3. The molecule has 0 spiro atoms. The Morgan fingerprint density at radius 3 is 2.30 bits per heavy atom. The van der Waals surface area contributed by atoms with E-state index in [4.69, 9.17) is 27.9 Å². The number of amides is 4. The lowest BCUT2D eigenvalue weighted by molar-refractivity contribution is -0.125. The van der Waals surface area contributed by atoms with Crippen LogP contribution in [0.4, 0.5) is 15.8 Å². The summed E-state index contributed by atoms with van der Waals surface area (Å²) in [5.74, 6) is -7.25. The van der Waals surface area contributed by atoms with Crippen LogP contribution in [0.15, 0.2) is 78.4 Å². The van der Waals surface area contributed by atoms with Gasteiger partial charge in [0, 0.05) is 17.5 Å². The van der Waals surface area contributed by atoms with Gasteiger partial charge in [-0.1, -0.05) is 29.8 Å². The summed E-state index contributed by atoms with van der Waals surface area (Å²) < 4.78 is 19.4. The Morgan fingerprint density at radius 1 is 0.894 bits per heavy atom. The third kappa shape index (κ3) is 4.31. The number of alkyl halides is 2. The van der Waals surface area contributed by atoms with Crippen molar-refractivity contribution in [1.29, 1.82) is 0 Å². The van der Waals surface area contributed by atoms with Crippen molar-refractivity contribution in [3.63, 3.8) is 0 Å². The fourth-order valence-electron chi connectivity index (χ4n) is 7.76. The lowest BCUT2D eigenvalue weighted by atomic mass is 9.56. The molecule has 2 heterocycles. The first kappa shape index (κ1) is 31.4. The number of halogens is 3. The second-order valence-corrected chi connectivity index (χ2v) is 13.4. The van der Waals surface area contributed by atoms with Gasteiger partial charge in [-0.05, 0) is 66.7 Å². The molecule has 1 saturated carbocycles. The highest BCUT2D eigenvalue weighted by atomic mass is 35.5. The maximum Gasteiger partial charge on any atom is 0.488 e. The van der Waals surface area contributed by atoms with Crippen LogP contribution < -0.4 is 20.0 Å². The molecule has 240 valence electrons. The quantitative estimate of drug-likeness (QED) is 0.162. The van der Waals surface area contributed by atoms with Crippen LogP contribution in [-0.4, -0.2) is 62.8 Å². The number of aromatic hydroxyl groups is 1. The van der Waals surface area contributed by atoms with Gasteiger partial charge in [0.1, 0.15) is 17.3 Å². The van der Waals surface area contributed by atoms with E-state index in [2.05, 4.69) is 0 Å². The van der Waals surface area contributed by atoms with Gasteiger partial charge in [-0.25, -0.2) is 9.29 Å². The molecule has 6 unspecified atom stereocenters. The normalized spacial score (nSPS) is 29.8. The van der Waals surface area contributed by atoms with Gasteiger partial charge in [0.2, 0.25) is 11.8 Å². The molecule has 0 bridgehead atoms. The molecule has 3 aromatic carbocycles. The van der Waals surface area contributed by atoms with Crippen molar-refractivity contribution in [2.75, 3.05) is 16.9 Å². The zero-order chi connectivity index (χ0) is 33.6. The summed E-state index contributed by atoms with van der Waals surface area (Å²) in [4.78, 5) is 54.4. The summed E-state index contributed by atoms with van der Waals surface area (Å²) in [5, 5.41) is 29.7. The fourth-order valence-corrected chi connectivity index (χ4v) is 8.69. The highest BCUT2D eigenvalue weighted by Crippen LogP contribution is 2.66. The second-order valence-electron chi connectivity index (χ2n) is 12.2. The molecule has 2 aliphatic heterocycles. The molecule has 7 rings (SSSR count). The van der Waals surface area contributed by atoms with Gasteiger partial charge in [-0.2, -0.15) is 0 Å². The topological polar surface area (TPSA) is 145 Å².